The summed E-state index contributed by atoms with van der Waals surface area (Å²) in [5.41, 5.74) is 1.45. The Kier molecular flexibility index (Phi) is 5.35. The lowest BCUT2D eigenvalue weighted by atomic mass is 10.1. The Labute approximate surface area is 128 Å². The first kappa shape index (κ1) is 16.0. The second kappa shape index (κ2) is 7.04. The summed E-state index contributed by atoms with van der Waals surface area (Å²) in [7, 11) is -2.11. The highest BCUT2D eigenvalue weighted by Crippen LogP contribution is 2.22. The van der Waals surface area contributed by atoms with Gasteiger partial charge in [-0.25, -0.2) is 13.1 Å². The van der Waals surface area contributed by atoms with Crippen molar-refractivity contribution in [3.05, 3.63) is 46.2 Å². The molecule has 0 aliphatic rings. The van der Waals surface area contributed by atoms with Crippen molar-refractivity contribution < 1.29 is 18.3 Å². The highest BCUT2D eigenvalue weighted by atomic mass is 32.2. The molecule has 0 radical (unpaired) electrons. The minimum Gasteiger partial charge on any atom is -0.497 e. The Morgan fingerprint density at radius 2 is 2.14 bits per heavy atom. The quantitative estimate of drug-likeness (QED) is 0.813. The predicted octanol–water partition coefficient (Wildman–Crippen LogP) is 1.77. The summed E-state index contributed by atoms with van der Waals surface area (Å²) in [4.78, 5) is 0.174. The van der Waals surface area contributed by atoms with Gasteiger partial charge in [0, 0.05) is 13.2 Å². The van der Waals surface area contributed by atoms with E-state index in [1.807, 2.05) is 16.8 Å². The minimum atomic E-state index is -3.63. The molecule has 0 atom stereocenters. The monoisotopic (exact) mass is 327 g/mol. The third-order valence-electron chi connectivity index (χ3n) is 2.98. The van der Waals surface area contributed by atoms with E-state index in [-0.39, 0.29) is 24.5 Å². The molecule has 7 heteroatoms. The summed E-state index contributed by atoms with van der Waals surface area (Å²) < 4.78 is 32.4. The molecule has 21 heavy (non-hydrogen) atoms. The van der Waals surface area contributed by atoms with Crippen molar-refractivity contribution >= 4 is 21.4 Å². The summed E-state index contributed by atoms with van der Waals surface area (Å²) >= 11 is 1.52. The van der Waals surface area contributed by atoms with Gasteiger partial charge in [0.2, 0.25) is 10.0 Å². The molecule has 114 valence electrons. The number of sulfonamides is 1. The fraction of sp³-hybridized carbons (Fsp3) is 0.286. The van der Waals surface area contributed by atoms with Crippen molar-refractivity contribution in [1.82, 2.24) is 4.72 Å². The van der Waals surface area contributed by atoms with E-state index >= 15 is 0 Å². The van der Waals surface area contributed by atoms with Gasteiger partial charge in [-0.05, 0) is 52.6 Å². The molecule has 2 N–H and O–H groups in total. The molecule has 0 aliphatic heterocycles. The number of aliphatic hydroxyl groups is 1. The number of nitrogens with one attached hydrogen (secondary N) is 1. The second-order valence-corrected chi connectivity index (χ2v) is 6.92. The molecule has 0 bridgehead atoms. The van der Waals surface area contributed by atoms with Crippen molar-refractivity contribution in [1.29, 1.82) is 0 Å². The van der Waals surface area contributed by atoms with Crippen molar-refractivity contribution in [2.24, 2.45) is 0 Å². The normalized spacial score (nSPS) is 11.5. The number of hydrogen-bond acceptors (Lipinski definition) is 5. The highest BCUT2D eigenvalue weighted by Gasteiger charge is 2.18. The lowest BCUT2D eigenvalue weighted by molar-refractivity contribution is 0.298. The molecule has 2 aromatic rings. The van der Waals surface area contributed by atoms with Crippen molar-refractivity contribution in [3.63, 3.8) is 0 Å². The molecule has 1 aromatic carbocycles. The van der Waals surface area contributed by atoms with Gasteiger partial charge in [0.25, 0.3) is 0 Å². The first-order valence-electron chi connectivity index (χ1n) is 6.35. The Morgan fingerprint density at radius 1 is 1.33 bits per heavy atom. The standard InChI is InChI=1S/C14H17NO4S2/c1-19-13-2-3-14(12(8-13)4-6-16)21(17,18)15-9-11-5-7-20-10-11/h2-3,5,7-8,10,15-16H,4,6,9H2,1H3. The zero-order valence-corrected chi connectivity index (χ0v) is 13.2. The van der Waals surface area contributed by atoms with E-state index in [9.17, 15) is 8.42 Å². The van der Waals surface area contributed by atoms with Gasteiger partial charge in [0.05, 0.1) is 12.0 Å². The number of aliphatic hydroxyl groups excluding tert-OH is 1. The zero-order chi connectivity index (χ0) is 15.3. The zero-order valence-electron chi connectivity index (χ0n) is 11.6. The van der Waals surface area contributed by atoms with Crippen LogP contribution in [0.3, 0.4) is 0 Å². The lowest BCUT2D eigenvalue weighted by Gasteiger charge is -2.12. The third kappa shape index (κ3) is 4.04. The van der Waals surface area contributed by atoms with Crippen LogP contribution in [0.2, 0.25) is 0 Å². The van der Waals surface area contributed by atoms with E-state index in [1.165, 1.54) is 24.5 Å². The van der Waals surface area contributed by atoms with E-state index in [0.717, 1.165) is 5.56 Å². The molecular weight excluding hydrogens is 310 g/mol. The van der Waals surface area contributed by atoms with Gasteiger partial charge in [-0.15, -0.1) is 0 Å². The van der Waals surface area contributed by atoms with Gasteiger partial charge in [-0.1, -0.05) is 0 Å². The Hall–Kier alpha value is -1.41. The second-order valence-electron chi connectivity index (χ2n) is 4.40. The molecule has 1 aromatic heterocycles. The molecule has 0 unspecified atom stereocenters. The molecular formula is C14H17NO4S2. The van der Waals surface area contributed by atoms with Crippen LogP contribution in [0.4, 0.5) is 0 Å². The van der Waals surface area contributed by atoms with Crippen LogP contribution >= 0.6 is 11.3 Å². The topological polar surface area (TPSA) is 75.6 Å². The van der Waals surface area contributed by atoms with Crippen LogP contribution in [0.25, 0.3) is 0 Å². The van der Waals surface area contributed by atoms with Gasteiger partial charge in [-0.3, -0.25) is 0 Å². The maximum absolute atomic E-state index is 12.4. The van der Waals surface area contributed by atoms with Crippen LogP contribution in [0.1, 0.15) is 11.1 Å². The maximum Gasteiger partial charge on any atom is 0.241 e. The largest absolute Gasteiger partial charge is 0.497 e. The molecule has 0 aliphatic carbocycles. The van der Waals surface area contributed by atoms with Gasteiger partial charge >= 0.3 is 0 Å². The van der Waals surface area contributed by atoms with Crippen molar-refractivity contribution in [2.75, 3.05) is 13.7 Å². The minimum absolute atomic E-state index is 0.125. The fourth-order valence-corrected chi connectivity index (χ4v) is 3.84. The molecule has 0 saturated carbocycles. The van der Waals surface area contributed by atoms with E-state index in [1.54, 1.807) is 12.1 Å². The van der Waals surface area contributed by atoms with Crippen LogP contribution < -0.4 is 9.46 Å². The first-order chi connectivity index (χ1) is 10.1. The number of ether oxygens (including phenoxy) is 1. The maximum atomic E-state index is 12.4. The van der Waals surface area contributed by atoms with Gasteiger partial charge in [0.1, 0.15) is 5.75 Å². The molecule has 0 saturated heterocycles. The van der Waals surface area contributed by atoms with E-state index in [4.69, 9.17) is 9.84 Å². The van der Waals surface area contributed by atoms with Crippen LogP contribution in [0.15, 0.2) is 39.9 Å². The van der Waals surface area contributed by atoms with Gasteiger partial charge in [-0.2, -0.15) is 11.3 Å². The molecule has 0 fully saturated rings. The van der Waals surface area contributed by atoms with E-state index in [2.05, 4.69) is 4.72 Å². The highest BCUT2D eigenvalue weighted by molar-refractivity contribution is 7.89. The Bertz CT molecular complexity index is 681. The average Bonchev–Trinajstić information content (AvgIpc) is 2.99. The summed E-state index contributed by atoms with van der Waals surface area (Å²) in [6.45, 7) is 0.122. The van der Waals surface area contributed by atoms with Gasteiger partial charge in [0.15, 0.2) is 0 Å². The number of hydrogen-bond donors (Lipinski definition) is 2. The Balaban J connectivity index is 2.25. The van der Waals surface area contributed by atoms with Crippen LogP contribution in [0, 0.1) is 0 Å². The summed E-state index contributed by atoms with van der Waals surface area (Å²) in [6.07, 6.45) is 0.256. The molecule has 1 heterocycles. The van der Waals surface area contributed by atoms with Gasteiger partial charge < -0.3 is 9.84 Å². The number of benzene rings is 1. The summed E-state index contributed by atoms with van der Waals surface area (Å²) in [5, 5.41) is 12.9. The number of methoxy groups -OCH3 is 1. The lowest BCUT2D eigenvalue weighted by Crippen LogP contribution is -2.24. The summed E-state index contributed by atoms with van der Waals surface area (Å²) in [6, 6.07) is 6.60. The number of thiophene rings is 1. The van der Waals surface area contributed by atoms with Crippen LogP contribution in [-0.2, 0) is 23.0 Å². The van der Waals surface area contributed by atoms with E-state index < -0.39 is 10.0 Å². The van der Waals surface area contributed by atoms with Crippen molar-refractivity contribution in [3.8, 4) is 5.75 Å². The Morgan fingerprint density at radius 3 is 2.76 bits per heavy atom. The predicted molar refractivity (Wildman–Crippen MR) is 82.1 cm³/mol. The van der Waals surface area contributed by atoms with Crippen molar-refractivity contribution in [2.45, 2.75) is 17.9 Å². The molecule has 0 amide bonds. The SMILES string of the molecule is COc1ccc(S(=O)(=O)NCc2ccsc2)c(CCO)c1. The first-order valence-corrected chi connectivity index (χ1v) is 8.78. The molecule has 2 rings (SSSR count). The van der Waals surface area contributed by atoms with E-state index in [0.29, 0.717) is 11.3 Å². The van der Waals surface area contributed by atoms with Crippen LogP contribution in [-0.4, -0.2) is 27.2 Å². The molecule has 0 spiro atoms. The average molecular weight is 327 g/mol. The van der Waals surface area contributed by atoms with Crippen LogP contribution in [0.5, 0.6) is 5.75 Å². The third-order valence-corrected chi connectivity index (χ3v) is 5.22. The smallest absolute Gasteiger partial charge is 0.241 e. The fourth-order valence-electron chi connectivity index (χ4n) is 1.91. The number of rotatable bonds is 7. The molecule has 5 nitrogen and oxygen atoms in total. The summed E-state index contributed by atoms with van der Waals surface area (Å²) in [5.74, 6) is 0.565.